The highest BCUT2D eigenvalue weighted by Gasteiger charge is 2.18. The first-order valence-electron chi connectivity index (χ1n) is 5.58. The van der Waals surface area contributed by atoms with Gasteiger partial charge in [-0.05, 0) is 25.0 Å². The Kier molecular flexibility index (Phi) is 3.41. The van der Waals surface area contributed by atoms with Crippen LogP contribution in [0, 0.1) is 0 Å². The Hall–Kier alpha value is -1.55. The van der Waals surface area contributed by atoms with Crippen molar-refractivity contribution >= 4 is 11.6 Å². The molecule has 0 atom stereocenters. The molecule has 3 N–H and O–H groups in total. The lowest BCUT2D eigenvalue weighted by atomic mass is 10.1. The number of nitrogens with zero attached hydrogens (tertiary/aromatic N) is 2. The maximum absolute atomic E-state index is 9.39. The van der Waals surface area contributed by atoms with Gasteiger partial charge in [0.05, 0.1) is 11.8 Å². The lowest BCUT2D eigenvalue weighted by Gasteiger charge is -2.30. The summed E-state index contributed by atoms with van der Waals surface area (Å²) in [5.41, 5.74) is 6.79. The molecule has 0 unspecified atom stereocenters. The number of hydrogen-bond donors (Lipinski definition) is 2. The van der Waals surface area contributed by atoms with Gasteiger partial charge >= 0.3 is 0 Å². The third-order valence-electron chi connectivity index (χ3n) is 2.79. The van der Waals surface area contributed by atoms with Gasteiger partial charge in [-0.15, -0.1) is 0 Å². The minimum absolute atomic E-state index is 0.180. The van der Waals surface area contributed by atoms with Crippen LogP contribution in [-0.4, -0.2) is 35.2 Å². The molecule has 4 nitrogen and oxygen atoms in total. The molecule has 16 heavy (non-hydrogen) atoms. The number of hydrogen-bond acceptors (Lipinski definition) is 2. The van der Waals surface area contributed by atoms with E-state index in [1.807, 2.05) is 35.2 Å². The first kappa shape index (κ1) is 11.0. The standard InChI is InChI=1S/C12H17N3O/c13-12(14-10-4-2-1-3-5-10)15-8-6-11(16)7-9-15/h1-5,11,16H,6-9H2,(H2,13,14). The number of piperidine rings is 1. The fraction of sp³-hybridized carbons (Fsp3) is 0.417. The number of benzene rings is 1. The molecule has 1 aromatic carbocycles. The lowest BCUT2D eigenvalue weighted by molar-refractivity contribution is 0.109. The number of aliphatic hydroxyl groups is 1. The Morgan fingerprint density at radius 2 is 1.88 bits per heavy atom. The molecule has 1 fully saturated rings. The second kappa shape index (κ2) is 4.99. The highest BCUT2D eigenvalue weighted by molar-refractivity contribution is 5.81. The summed E-state index contributed by atoms with van der Waals surface area (Å²) in [5, 5.41) is 9.39. The zero-order chi connectivity index (χ0) is 11.4. The van der Waals surface area contributed by atoms with Gasteiger partial charge in [0.25, 0.3) is 0 Å². The van der Waals surface area contributed by atoms with Gasteiger partial charge in [0.15, 0.2) is 5.96 Å². The maximum Gasteiger partial charge on any atom is 0.196 e. The number of rotatable bonds is 1. The van der Waals surface area contributed by atoms with Crippen LogP contribution in [0.1, 0.15) is 12.8 Å². The SMILES string of the molecule is NC(=Nc1ccccc1)N1CCC(O)CC1. The van der Waals surface area contributed by atoms with Crippen LogP contribution < -0.4 is 5.73 Å². The van der Waals surface area contributed by atoms with Crippen LogP contribution in [0.4, 0.5) is 5.69 Å². The fourth-order valence-corrected chi connectivity index (χ4v) is 1.80. The van der Waals surface area contributed by atoms with E-state index in [0.29, 0.717) is 5.96 Å². The number of nitrogens with two attached hydrogens (primary N) is 1. The van der Waals surface area contributed by atoms with Gasteiger partial charge < -0.3 is 15.7 Å². The van der Waals surface area contributed by atoms with Crippen LogP contribution in [0.15, 0.2) is 35.3 Å². The van der Waals surface area contributed by atoms with E-state index >= 15 is 0 Å². The molecule has 2 rings (SSSR count). The van der Waals surface area contributed by atoms with E-state index in [1.165, 1.54) is 0 Å². The number of para-hydroxylation sites is 1. The second-order valence-electron chi connectivity index (χ2n) is 4.02. The molecule has 0 radical (unpaired) electrons. The van der Waals surface area contributed by atoms with Gasteiger partial charge in [-0.2, -0.15) is 0 Å². The average molecular weight is 219 g/mol. The quantitative estimate of drug-likeness (QED) is 0.549. The smallest absolute Gasteiger partial charge is 0.196 e. The molecule has 86 valence electrons. The van der Waals surface area contributed by atoms with Crippen molar-refractivity contribution in [3.63, 3.8) is 0 Å². The molecular formula is C12H17N3O. The highest BCUT2D eigenvalue weighted by atomic mass is 16.3. The molecule has 1 heterocycles. The van der Waals surface area contributed by atoms with Crippen LogP contribution in [0.25, 0.3) is 0 Å². The van der Waals surface area contributed by atoms with Crippen molar-refractivity contribution in [3.8, 4) is 0 Å². The van der Waals surface area contributed by atoms with Crippen molar-refractivity contribution in [3.05, 3.63) is 30.3 Å². The van der Waals surface area contributed by atoms with Crippen molar-refractivity contribution < 1.29 is 5.11 Å². The van der Waals surface area contributed by atoms with Gasteiger partial charge in [0, 0.05) is 13.1 Å². The van der Waals surface area contributed by atoms with Crippen LogP contribution >= 0.6 is 0 Å². The summed E-state index contributed by atoms with van der Waals surface area (Å²) in [6.07, 6.45) is 1.36. The molecule has 0 aromatic heterocycles. The van der Waals surface area contributed by atoms with Crippen molar-refractivity contribution in [1.29, 1.82) is 0 Å². The van der Waals surface area contributed by atoms with Gasteiger partial charge in [-0.1, -0.05) is 18.2 Å². The van der Waals surface area contributed by atoms with Crippen LogP contribution in [0.5, 0.6) is 0 Å². The van der Waals surface area contributed by atoms with Crippen LogP contribution in [-0.2, 0) is 0 Å². The zero-order valence-electron chi connectivity index (χ0n) is 9.21. The third-order valence-corrected chi connectivity index (χ3v) is 2.79. The third kappa shape index (κ3) is 2.73. The van der Waals surface area contributed by atoms with E-state index in [1.54, 1.807) is 0 Å². The minimum atomic E-state index is -0.180. The van der Waals surface area contributed by atoms with Crippen molar-refractivity contribution in [2.45, 2.75) is 18.9 Å². The Balaban J connectivity index is 2.02. The molecule has 4 heteroatoms. The van der Waals surface area contributed by atoms with Crippen molar-refractivity contribution in [2.24, 2.45) is 10.7 Å². The van der Waals surface area contributed by atoms with Crippen molar-refractivity contribution in [1.82, 2.24) is 4.90 Å². The predicted molar refractivity (Wildman–Crippen MR) is 64.5 cm³/mol. The minimum Gasteiger partial charge on any atom is -0.393 e. The van der Waals surface area contributed by atoms with Gasteiger partial charge in [0.2, 0.25) is 0 Å². The summed E-state index contributed by atoms with van der Waals surface area (Å²) >= 11 is 0. The molecule has 0 bridgehead atoms. The maximum atomic E-state index is 9.39. The summed E-state index contributed by atoms with van der Waals surface area (Å²) in [5.74, 6) is 0.540. The van der Waals surface area contributed by atoms with Gasteiger partial charge in [-0.3, -0.25) is 0 Å². The fourth-order valence-electron chi connectivity index (χ4n) is 1.80. The Morgan fingerprint density at radius 3 is 2.50 bits per heavy atom. The van der Waals surface area contributed by atoms with E-state index in [9.17, 15) is 5.11 Å². The van der Waals surface area contributed by atoms with E-state index < -0.39 is 0 Å². The van der Waals surface area contributed by atoms with E-state index in [-0.39, 0.29) is 6.10 Å². The number of aliphatic hydroxyl groups excluding tert-OH is 1. The molecule has 0 aliphatic carbocycles. The number of guanidine groups is 1. The monoisotopic (exact) mass is 219 g/mol. The van der Waals surface area contributed by atoms with Crippen LogP contribution in [0.2, 0.25) is 0 Å². The molecule has 1 aliphatic heterocycles. The van der Waals surface area contributed by atoms with Gasteiger partial charge in [0.1, 0.15) is 0 Å². The van der Waals surface area contributed by atoms with E-state index in [0.717, 1.165) is 31.6 Å². The normalized spacial score (nSPS) is 18.8. The summed E-state index contributed by atoms with van der Waals surface area (Å²) in [6, 6.07) is 9.67. The molecule has 0 spiro atoms. The van der Waals surface area contributed by atoms with Crippen molar-refractivity contribution in [2.75, 3.05) is 13.1 Å². The molecule has 1 aromatic rings. The number of likely N-dealkylation sites (tertiary alicyclic amines) is 1. The predicted octanol–water partition coefficient (Wildman–Crippen LogP) is 1.09. The Labute approximate surface area is 95.4 Å². The summed E-state index contributed by atoms with van der Waals surface area (Å²) in [7, 11) is 0. The average Bonchev–Trinajstić information content (AvgIpc) is 2.31. The summed E-state index contributed by atoms with van der Waals surface area (Å²) in [4.78, 5) is 6.36. The first-order chi connectivity index (χ1) is 7.75. The molecular weight excluding hydrogens is 202 g/mol. The molecule has 1 saturated heterocycles. The molecule has 0 amide bonds. The first-order valence-corrected chi connectivity index (χ1v) is 5.58. The topological polar surface area (TPSA) is 61.8 Å². The second-order valence-corrected chi connectivity index (χ2v) is 4.02. The number of aliphatic imine (C=N–C) groups is 1. The van der Waals surface area contributed by atoms with Gasteiger partial charge in [-0.25, -0.2) is 4.99 Å². The zero-order valence-corrected chi connectivity index (χ0v) is 9.21. The Bertz CT molecular complexity index is 356. The largest absolute Gasteiger partial charge is 0.393 e. The summed E-state index contributed by atoms with van der Waals surface area (Å²) in [6.45, 7) is 1.56. The lowest BCUT2D eigenvalue weighted by Crippen LogP contribution is -2.43. The van der Waals surface area contributed by atoms with E-state index in [4.69, 9.17) is 5.73 Å². The Morgan fingerprint density at radius 1 is 1.25 bits per heavy atom. The van der Waals surface area contributed by atoms with E-state index in [2.05, 4.69) is 4.99 Å². The highest BCUT2D eigenvalue weighted by Crippen LogP contribution is 2.13. The summed E-state index contributed by atoms with van der Waals surface area (Å²) < 4.78 is 0. The van der Waals surface area contributed by atoms with Crippen LogP contribution in [0.3, 0.4) is 0 Å². The molecule has 0 saturated carbocycles. The molecule has 1 aliphatic rings.